The normalized spacial score (nSPS) is 14.6. The molecule has 172 valence electrons. The molecule has 0 aliphatic heterocycles. The minimum absolute atomic E-state index is 0.0593. The van der Waals surface area contributed by atoms with Gasteiger partial charge in [0.25, 0.3) is 0 Å². The molecule has 0 spiro atoms. The third kappa shape index (κ3) is 6.25. The van der Waals surface area contributed by atoms with Gasteiger partial charge in [0.05, 0.1) is 20.6 Å². The lowest BCUT2D eigenvalue weighted by atomic mass is 10.1. The molecule has 0 unspecified atom stereocenters. The Bertz CT molecular complexity index is 874. The molecule has 1 atom stereocenters. The summed E-state index contributed by atoms with van der Waals surface area (Å²) in [7, 11) is 3.24. The Kier molecular flexibility index (Phi) is 8.54. The molecule has 0 bridgehead atoms. The molecule has 3 rings (SSSR count). The topological polar surface area (TPSA) is 67.9 Å². The monoisotopic (exact) mass is 438 g/mol. The average molecular weight is 439 g/mol. The standard InChI is InChI=1S/C26H34N2O4/c1-4-24(26(30)27-21-7-5-6-8-21)28(18-20-11-15-23(32-3)16-12-20)25(29)17-19-9-13-22(31-2)14-10-19/h9-16,21,24H,4-8,17-18H2,1-3H3,(H,27,30)/t24-/m1/s1. The van der Waals surface area contributed by atoms with E-state index in [0.29, 0.717) is 13.0 Å². The third-order valence-electron chi connectivity index (χ3n) is 6.11. The van der Waals surface area contributed by atoms with Crippen molar-refractivity contribution >= 4 is 11.8 Å². The van der Waals surface area contributed by atoms with E-state index in [0.717, 1.165) is 48.3 Å². The summed E-state index contributed by atoms with van der Waals surface area (Å²) in [5, 5.41) is 3.18. The predicted octanol–water partition coefficient (Wildman–Crippen LogP) is 4.11. The van der Waals surface area contributed by atoms with Crippen LogP contribution >= 0.6 is 0 Å². The number of carbonyl (C=O) groups excluding carboxylic acids is 2. The smallest absolute Gasteiger partial charge is 0.243 e. The number of methoxy groups -OCH3 is 2. The van der Waals surface area contributed by atoms with Crippen LogP contribution in [0.3, 0.4) is 0 Å². The Morgan fingerprint density at radius 1 is 0.938 bits per heavy atom. The fourth-order valence-corrected chi connectivity index (χ4v) is 4.23. The van der Waals surface area contributed by atoms with Crippen LogP contribution in [0.15, 0.2) is 48.5 Å². The van der Waals surface area contributed by atoms with Crippen LogP contribution in [0.5, 0.6) is 11.5 Å². The third-order valence-corrected chi connectivity index (χ3v) is 6.11. The van der Waals surface area contributed by atoms with E-state index in [4.69, 9.17) is 9.47 Å². The highest BCUT2D eigenvalue weighted by Crippen LogP contribution is 2.21. The second-order valence-electron chi connectivity index (χ2n) is 8.31. The highest BCUT2D eigenvalue weighted by atomic mass is 16.5. The molecule has 1 aliphatic carbocycles. The first-order chi connectivity index (χ1) is 15.5. The van der Waals surface area contributed by atoms with E-state index in [9.17, 15) is 9.59 Å². The van der Waals surface area contributed by atoms with Crippen molar-refractivity contribution in [2.75, 3.05) is 14.2 Å². The Balaban J connectivity index is 1.79. The maximum Gasteiger partial charge on any atom is 0.243 e. The lowest BCUT2D eigenvalue weighted by Gasteiger charge is -2.31. The van der Waals surface area contributed by atoms with Gasteiger partial charge in [-0.3, -0.25) is 9.59 Å². The van der Waals surface area contributed by atoms with Crippen molar-refractivity contribution in [2.24, 2.45) is 0 Å². The number of nitrogens with one attached hydrogen (secondary N) is 1. The molecule has 0 saturated heterocycles. The maximum atomic E-state index is 13.4. The SMILES string of the molecule is CC[C@H](C(=O)NC1CCCC1)N(Cc1ccc(OC)cc1)C(=O)Cc1ccc(OC)cc1. The van der Waals surface area contributed by atoms with Crippen molar-refractivity contribution in [1.82, 2.24) is 10.2 Å². The summed E-state index contributed by atoms with van der Waals surface area (Å²) >= 11 is 0. The van der Waals surface area contributed by atoms with Gasteiger partial charge in [-0.2, -0.15) is 0 Å². The molecule has 2 amide bonds. The van der Waals surface area contributed by atoms with E-state index in [1.165, 1.54) is 0 Å². The first-order valence-electron chi connectivity index (χ1n) is 11.4. The second-order valence-corrected chi connectivity index (χ2v) is 8.31. The van der Waals surface area contributed by atoms with Gasteiger partial charge in [0.15, 0.2) is 0 Å². The highest BCUT2D eigenvalue weighted by molar-refractivity contribution is 5.88. The number of hydrogen-bond donors (Lipinski definition) is 1. The number of carbonyl (C=O) groups is 2. The summed E-state index contributed by atoms with van der Waals surface area (Å²) < 4.78 is 10.5. The van der Waals surface area contributed by atoms with E-state index < -0.39 is 6.04 Å². The minimum atomic E-state index is -0.511. The molecule has 1 N–H and O–H groups in total. The minimum Gasteiger partial charge on any atom is -0.497 e. The summed E-state index contributed by atoms with van der Waals surface area (Å²) in [4.78, 5) is 28.3. The average Bonchev–Trinajstić information content (AvgIpc) is 3.32. The number of benzene rings is 2. The van der Waals surface area contributed by atoms with Crippen LogP contribution in [0.1, 0.15) is 50.2 Å². The lowest BCUT2D eigenvalue weighted by Crippen LogP contribution is -2.51. The number of amides is 2. The Morgan fingerprint density at radius 2 is 1.47 bits per heavy atom. The van der Waals surface area contributed by atoms with Crippen molar-refractivity contribution in [2.45, 2.75) is 64.1 Å². The zero-order chi connectivity index (χ0) is 22.9. The van der Waals surface area contributed by atoms with Gasteiger partial charge in [0.2, 0.25) is 11.8 Å². The molecule has 1 fully saturated rings. The van der Waals surface area contributed by atoms with Crippen LogP contribution in [-0.4, -0.2) is 43.0 Å². The van der Waals surface area contributed by atoms with E-state index >= 15 is 0 Å². The van der Waals surface area contributed by atoms with Crippen molar-refractivity contribution in [3.8, 4) is 11.5 Å². The van der Waals surface area contributed by atoms with Crippen LogP contribution in [0.25, 0.3) is 0 Å². The van der Waals surface area contributed by atoms with Gasteiger partial charge in [-0.05, 0) is 54.7 Å². The van der Waals surface area contributed by atoms with Crippen LogP contribution in [0.4, 0.5) is 0 Å². The summed E-state index contributed by atoms with van der Waals surface area (Å²) in [6.45, 7) is 2.33. The molecule has 0 heterocycles. The van der Waals surface area contributed by atoms with E-state index in [2.05, 4.69) is 5.32 Å². The molecular weight excluding hydrogens is 404 g/mol. The molecule has 6 heteroatoms. The maximum absolute atomic E-state index is 13.4. The fraction of sp³-hybridized carbons (Fsp3) is 0.462. The van der Waals surface area contributed by atoms with E-state index in [1.807, 2.05) is 55.5 Å². The molecular formula is C26H34N2O4. The molecule has 1 aliphatic rings. The van der Waals surface area contributed by atoms with E-state index in [-0.39, 0.29) is 24.3 Å². The molecule has 2 aromatic carbocycles. The molecule has 32 heavy (non-hydrogen) atoms. The number of nitrogens with zero attached hydrogens (tertiary/aromatic N) is 1. The van der Waals surface area contributed by atoms with Crippen molar-refractivity contribution < 1.29 is 19.1 Å². The van der Waals surface area contributed by atoms with Gasteiger partial charge in [-0.15, -0.1) is 0 Å². The highest BCUT2D eigenvalue weighted by Gasteiger charge is 2.30. The molecule has 0 aromatic heterocycles. The van der Waals surface area contributed by atoms with Crippen LogP contribution in [0, 0.1) is 0 Å². The first kappa shape index (κ1) is 23.6. The Morgan fingerprint density at radius 3 is 1.97 bits per heavy atom. The van der Waals surface area contributed by atoms with E-state index in [1.54, 1.807) is 19.1 Å². The van der Waals surface area contributed by atoms with Gasteiger partial charge < -0.3 is 19.7 Å². The van der Waals surface area contributed by atoms with Gasteiger partial charge >= 0.3 is 0 Å². The summed E-state index contributed by atoms with van der Waals surface area (Å²) in [5.41, 5.74) is 1.85. The lowest BCUT2D eigenvalue weighted by molar-refractivity contribution is -0.141. The Hall–Kier alpha value is -3.02. The van der Waals surface area contributed by atoms with Crippen LogP contribution in [-0.2, 0) is 22.6 Å². The zero-order valence-electron chi connectivity index (χ0n) is 19.3. The molecule has 1 saturated carbocycles. The van der Waals surface area contributed by atoms with Gasteiger partial charge in [0.1, 0.15) is 17.5 Å². The summed E-state index contributed by atoms with van der Waals surface area (Å²) in [6, 6.07) is 14.8. The largest absolute Gasteiger partial charge is 0.497 e. The van der Waals surface area contributed by atoms with Crippen LogP contribution in [0.2, 0.25) is 0 Å². The first-order valence-corrected chi connectivity index (χ1v) is 11.4. The number of rotatable bonds is 10. The van der Waals surface area contributed by atoms with Crippen molar-refractivity contribution in [3.05, 3.63) is 59.7 Å². The summed E-state index contributed by atoms with van der Waals surface area (Å²) in [5.74, 6) is 1.38. The van der Waals surface area contributed by atoms with Gasteiger partial charge in [-0.25, -0.2) is 0 Å². The fourth-order valence-electron chi connectivity index (χ4n) is 4.23. The zero-order valence-corrected chi connectivity index (χ0v) is 19.3. The second kappa shape index (κ2) is 11.6. The predicted molar refractivity (Wildman–Crippen MR) is 125 cm³/mol. The Labute approximate surface area is 190 Å². The van der Waals surface area contributed by atoms with Crippen molar-refractivity contribution in [1.29, 1.82) is 0 Å². The molecule has 6 nitrogen and oxygen atoms in total. The molecule has 2 aromatic rings. The van der Waals surface area contributed by atoms with Crippen LogP contribution < -0.4 is 14.8 Å². The van der Waals surface area contributed by atoms with Gasteiger partial charge in [-0.1, -0.05) is 44.0 Å². The van der Waals surface area contributed by atoms with Crippen molar-refractivity contribution in [3.63, 3.8) is 0 Å². The molecule has 0 radical (unpaired) electrons. The number of ether oxygens (including phenoxy) is 2. The summed E-state index contributed by atoms with van der Waals surface area (Å²) in [6.07, 6.45) is 5.11. The van der Waals surface area contributed by atoms with Gasteiger partial charge in [0, 0.05) is 12.6 Å². The quantitative estimate of drug-likeness (QED) is 0.606. The number of hydrogen-bond acceptors (Lipinski definition) is 4.